The zero-order valence-corrected chi connectivity index (χ0v) is 18.6. The molecule has 0 aromatic heterocycles. The predicted molar refractivity (Wildman–Crippen MR) is 122 cm³/mol. The third-order valence-electron chi connectivity index (χ3n) is 6.80. The lowest BCUT2D eigenvalue weighted by Gasteiger charge is -2.28. The molecule has 1 aliphatic carbocycles. The molecule has 3 aromatic carbocycles. The number of rotatable bonds is 6. The van der Waals surface area contributed by atoms with Gasteiger partial charge >= 0.3 is 0 Å². The Kier molecular flexibility index (Phi) is 6.91. The molecule has 4 heteroatoms. The molecule has 0 radical (unpaired) electrons. The first-order valence-electron chi connectivity index (χ1n) is 11.3. The van der Waals surface area contributed by atoms with Gasteiger partial charge in [0.15, 0.2) is 0 Å². The summed E-state index contributed by atoms with van der Waals surface area (Å²) in [7, 11) is 0. The van der Waals surface area contributed by atoms with Gasteiger partial charge in [-0.3, -0.25) is 0 Å². The maximum absolute atomic E-state index is 15.1. The molecule has 1 aliphatic rings. The minimum absolute atomic E-state index is 0.245. The van der Waals surface area contributed by atoms with Crippen molar-refractivity contribution >= 4 is 22.4 Å². The van der Waals surface area contributed by atoms with Gasteiger partial charge in [0.05, 0.1) is 0 Å². The van der Waals surface area contributed by atoms with Crippen LogP contribution in [0.25, 0.3) is 10.8 Å². The van der Waals surface area contributed by atoms with Crippen LogP contribution in [0.3, 0.4) is 0 Å². The molecule has 1 fully saturated rings. The van der Waals surface area contributed by atoms with Gasteiger partial charge in [0.1, 0.15) is 22.5 Å². The minimum Gasteiger partial charge on any atom is -0.206 e. The molecule has 0 bridgehead atoms. The van der Waals surface area contributed by atoms with E-state index in [1.807, 2.05) is 12.1 Å². The van der Waals surface area contributed by atoms with Gasteiger partial charge < -0.3 is 0 Å². The highest BCUT2D eigenvalue weighted by atomic mass is 35.5. The summed E-state index contributed by atoms with van der Waals surface area (Å²) in [4.78, 5) is 0. The van der Waals surface area contributed by atoms with E-state index in [0.717, 1.165) is 11.3 Å². The summed E-state index contributed by atoms with van der Waals surface area (Å²) in [6.45, 7) is 2.25. The normalized spacial score (nSPS) is 19.1. The molecule has 0 nitrogen and oxygen atoms in total. The van der Waals surface area contributed by atoms with E-state index in [1.165, 1.54) is 56.2 Å². The van der Waals surface area contributed by atoms with E-state index in [0.29, 0.717) is 35.3 Å². The van der Waals surface area contributed by atoms with Crippen LogP contribution in [0.1, 0.15) is 68.1 Å². The molecule has 0 unspecified atom stereocenters. The average Bonchev–Trinajstić information content (AvgIpc) is 2.77. The van der Waals surface area contributed by atoms with Gasteiger partial charge in [-0.2, -0.15) is 0 Å². The van der Waals surface area contributed by atoms with Gasteiger partial charge in [-0.25, -0.2) is 13.2 Å². The van der Waals surface area contributed by atoms with Crippen LogP contribution in [0.5, 0.6) is 0 Å². The molecule has 0 atom stereocenters. The second-order valence-electron chi connectivity index (χ2n) is 8.90. The number of aryl methyl sites for hydroxylation is 2. The number of hydrogen-bond acceptors (Lipinski definition) is 0. The Morgan fingerprint density at radius 1 is 0.871 bits per heavy atom. The Hall–Kier alpha value is -2.00. The van der Waals surface area contributed by atoms with Gasteiger partial charge in [0, 0.05) is 5.39 Å². The Morgan fingerprint density at radius 3 is 2.26 bits per heavy atom. The van der Waals surface area contributed by atoms with Crippen LogP contribution in [0.4, 0.5) is 13.2 Å². The zero-order valence-electron chi connectivity index (χ0n) is 17.9. The van der Waals surface area contributed by atoms with Crippen LogP contribution in [0.2, 0.25) is 5.02 Å². The highest BCUT2D eigenvalue weighted by Crippen LogP contribution is 2.38. The van der Waals surface area contributed by atoms with Crippen molar-refractivity contribution in [2.24, 2.45) is 5.92 Å². The van der Waals surface area contributed by atoms with Crippen molar-refractivity contribution in [2.75, 3.05) is 0 Å². The van der Waals surface area contributed by atoms with Crippen molar-refractivity contribution in [2.45, 2.75) is 64.2 Å². The summed E-state index contributed by atoms with van der Waals surface area (Å²) < 4.78 is 42.5. The van der Waals surface area contributed by atoms with Crippen molar-refractivity contribution in [3.63, 3.8) is 0 Å². The lowest BCUT2D eigenvalue weighted by molar-refractivity contribution is 0.308. The second-order valence-corrected chi connectivity index (χ2v) is 9.28. The van der Waals surface area contributed by atoms with E-state index in [4.69, 9.17) is 11.6 Å². The largest absolute Gasteiger partial charge is 0.206 e. The molecule has 164 valence electrons. The maximum atomic E-state index is 15.1. The summed E-state index contributed by atoms with van der Waals surface area (Å²) in [5.41, 5.74) is 2.32. The van der Waals surface area contributed by atoms with Crippen LogP contribution in [0.15, 0.2) is 42.5 Å². The molecule has 4 rings (SSSR count). The third-order valence-corrected chi connectivity index (χ3v) is 7.16. The molecule has 0 amide bonds. The predicted octanol–water partition coefficient (Wildman–Crippen LogP) is 8.77. The Morgan fingerprint density at radius 2 is 1.58 bits per heavy atom. The molecule has 0 N–H and O–H groups in total. The fourth-order valence-corrected chi connectivity index (χ4v) is 5.14. The second kappa shape index (κ2) is 9.65. The highest BCUT2D eigenvalue weighted by Gasteiger charge is 2.22. The monoisotopic (exact) mass is 444 g/mol. The fourth-order valence-electron chi connectivity index (χ4n) is 5.03. The minimum atomic E-state index is -0.785. The summed E-state index contributed by atoms with van der Waals surface area (Å²) in [6.07, 6.45) is 8.29. The SMILES string of the molecule is CCCC1CCC(c2ccc3c(F)c(CCc4cc(F)c(Cl)c(F)c4)ccc3c2)CC1. The van der Waals surface area contributed by atoms with Gasteiger partial charge in [-0.1, -0.05) is 61.7 Å². The summed E-state index contributed by atoms with van der Waals surface area (Å²) in [6, 6.07) is 12.3. The number of fused-ring (bicyclic) bond motifs is 1. The molecule has 0 saturated heterocycles. The van der Waals surface area contributed by atoms with Crippen molar-refractivity contribution in [3.05, 3.63) is 81.6 Å². The average molecular weight is 445 g/mol. The smallest absolute Gasteiger partial charge is 0.145 e. The molecule has 0 spiro atoms. The standard InChI is InChI=1S/C27H28ClF3/c1-2-3-17-4-7-19(8-5-17)21-12-13-23-22(16-21)11-10-20(27(23)31)9-6-18-14-24(29)26(28)25(30)15-18/h10-17,19H,2-9H2,1H3. The molecule has 0 heterocycles. The lowest BCUT2D eigenvalue weighted by atomic mass is 9.77. The molecular formula is C27H28ClF3. The van der Waals surface area contributed by atoms with E-state index >= 15 is 4.39 Å². The first kappa shape index (κ1) is 22.2. The van der Waals surface area contributed by atoms with E-state index < -0.39 is 16.7 Å². The van der Waals surface area contributed by atoms with Gasteiger partial charge in [-0.05, 0) is 84.6 Å². The molecule has 1 saturated carbocycles. The van der Waals surface area contributed by atoms with E-state index in [-0.39, 0.29) is 5.82 Å². The van der Waals surface area contributed by atoms with Crippen LogP contribution >= 0.6 is 11.6 Å². The molecule has 31 heavy (non-hydrogen) atoms. The van der Waals surface area contributed by atoms with Crippen LogP contribution < -0.4 is 0 Å². The topological polar surface area (TPSA) is 0 Å². The van der Waals surface area contributed by atoms with Gasteiger partial charge in [-0.15, -0.1) is 0 Å². The first-order chi connectivity index (χ1) is 15.0. The zero-order chi connectivity index (χ0) is 22.0. The van der Waals surface area contributed by atoms with Crippen molar-refractivity contribution < 1.29 is 13.2 Å². The van der Waals surface area contributed by atoms with Crippen LogP contribution in [-0.2, 0) is 12.8 Å². The number of hydrogen-bond donors (Lipinski definition) is 0. The summed E-state index contributed by atoms with van der Waals surface area (Å²) >= 11 is 5.54. The molecule has 0 aliphatic heterocycles. The fraction of sp³-hybridized carbons (Fsp3) is 0.407. The maximum Gasteiger partial charge on any atom is 0.145 e. The Bertz CT molecular complexity index is 1040. The summed E-state index contributed by atoms with van der Waals surface area (Å²) in [5.74, 6) is -0.385. The third kappa shape index (κ3) is 4.92. The van der Waals surface area contributed by atoms with E-state index in [9.17, 15) is 8.78 Å². The van der Waals surface area contributed by atoms with E-state index in [2.05, 4.69) is 19.1 Å². The van der Waals surface area contributed by atoms with Crippen molar-refractivity contribution in [1.82, 2.24) is 0 Å². The number of halogens is 4. The Labute approximate surface area is 187 Å². The van der Waals surface area contributed by atoms with Crippen molar-refractivity contribution in [1.29, 1.82) is 0 Å². The molecular weight excluding hydrogens is 417 g/mol. The lowest BCUT2D eigenvalue weighted by Crippen LogP contribution is -2.13. The van der Waals surface area contributed by atoms with Crippen molar-refractivity contribution in [3.8, 4) is 0 Å². The molecule has 3 aromatic rings. The van der Waals surface area contributed by atoms with Gasteiger partial charge in [0.25, 0.3) is 0 Å². The number of benzene rings is 3. The Balaban J connectivity index is 1.49. The highest BCUT2D eigenvalue weighted by molar-refractivity contribution is 6.30. The summed E-state index contributed by atoms with van der Waals surface area (Å²) in [5, 5.41) is 1.02. The first-order valence-corrected chi connectivity index (χ1v) is 11.7. The quantitative estimate of drug-likeness (QED) is 0.333. The van der Waals surface area contributed by atoms with Crippen LogP contribution in [-0.4, -0.2) is 0 Å². The van der Waals surface area contributed by atoms with E-state index in [1.54, 1.807) is 6.07 Å². The van der Waals surface area contributed by atoms with Crippen LogP contribution in [0, 0.1) is 23.4 Å². The van der Waals surface area contributed by atoms with Gasteiger partial charge in [0.2, 0.25) is 0 Å².